The van der Waals surface area contributed by atoms with Gasteiger partial charge in [-0.25, -0.2) is 0 Å². The summed E-state index contributed by atoms with van der Waals surface area (Å²) in [6, 6.07) is 14.4. The Morgan fingerprint density at radius 3 is 2.48 bits per heavy atom. The van der Waals surface area contributed by atoms with Crippen LogP contribution in [0.1, 0.15) is 11.1 Å². The Labute approximate surface area is 136 Å². The van der Waals surface area contributed by atoms with Gasteiger partial charge in [-0.3, -0.25) is 9.67 Å². The highest BCUT2D eigenvalue weighted by Gasteiger charge is 2.12. The van der Waals surface area contributed by atoms with E-state index in [2.05, 4.69) is 58.2 Å². The minimum Gasteiger partial charge on any atom is -0.268 e. The predicted octanol–water partition coefficient (Wildman–Crippen LogP) is 4.98. The number of benzene rings is 2. The molecule has 0 bridgehead atoms. The third-order valence-corrected chi connectivity index (χ3v) is 4.17. The summed E-state index contributed by atoms with van der Waals surface area (Å²) >= 11 is 8.86. The van der Waals surface area contributed by atoms with Crippen LogP contribution >= 0.6 is 28.1 Å². The van der Waals surface area contributed by atoms with Crippen molar-refractivity contribution >= 4 is 28.1 Å². The Hall–Kier alpha value is -1.72. The molecule has 3 rings (SSSR count). The molecule has 0 aliphatic heterocycles. The number of nitrogens with one attached hydrogen (secondary N) is 1. The molecule has 1 N–H and O–H groups in total. The van der Waals surface area contributed by atoms with Crippen LogP contribution in [-0.2, 0) is 0 Å². The maximum atomic E-state index is 5.41. The maximum absolute atomic E-state index is 5.41. The fraction of sp³-hybridized carbons (Fsp3) is 0.125. The third-order valence-electron chi connectivity index (χ3n) is 3.37. The zero-order chi connectivity index (χ0) is 15.0. The van der Waals surface area contributed by atoms with Gasteiger partial charge in [0.25, 0.3) is 0 Å². The molecule has 0 aliphatic rings. The second-order valence-electron chi connectivity index (χ2n) is 4.98. The minimum atomic E-state index is 0.597. The summed E-state index contributed by atoms with van der Waals surface area (Å²) in [5.74, 6) is 0.819. The van der Waals surface area contributed by atoms with E-state index >= 15 is 0 Å². The molecule has 21 heavy (non-hydrogen) atoms. The summed E-state index contributed by atoms with van der Waals surface area (Å²) in [7, 11) is 0. The lowest BCUT2D eigenvalue weighted by atomic mass is 10.1. The minimum absolute atomic E-state index is 0.597. The van der Waals surface area contributed by atoms with Crippen LogP contribution in [-0.4, -0.2) is 14.8 Å². The van der Waals surface area contributed by atoms with E-state index < -0.39 is 0 Å². The van der Waals surface area contributed by atoms with Gasteiger partial charge in [-0.1, -0.05) is 45.8 Å². The lowest BCUT2D eigenvalue weighted by Crippen LogP contribution is -2.00. The predicted molar refractivity (Wildman–Crippen MR) is 91.4 cm³/mol. The van der Waals surface area contributed by atoms with Gasteiger partial charge >= 0.3 is 0 Å². The average molecular weight is 360 g/mol. The average Bonchev–Trinajstić information content (AvgIpc) is 2.82. The fourth-order valence-electron chi connectivity index (χ4n) is 2.37. The molecular formula is C16H14BrN3S. The van der Waals surface area contributed by atoms with E-state index in [1.54, 1.807) is 0 Å². The van der Waals surface area contributed by atoms with Crippen molar-refractivity contribution in [1.82, 2.24) is 14.8 Å². The highest BCUT2D eigenvalue weighted by Crippen LogP contribution is 2.25. The second-order valence-corrected chi connectivity index (χ2v) is 6.29. The summed E-state index contributed by atoms with van der Waals surface area (Å²) < 4.78 is 3.62. The molecule has 1 heterocycles. The van der Waals surface area contributed by atoms with Crippen LogP contribution in [0.4, 0.5) is 0 Å². The molecule has 0 spiro atoms. The molecule has 5 heteroatoms. The van der Waals surface area contributed by atoms with Crippen LogP contribution in [0.5, 0.6) is 0 Å². The summed E-state index contributed by atoms with van der Waals surface area (Å²) in [5.41, 5.74) is 4.48. The van der Waals surface area contributed by atoms with E-state index in [-0.39, 0.29) is 0 Å². The molecule has 0 aliphatic carbocycles. The van der Waals surface area contributed by atoms with Crippen molar-refractivity contribution in [2.24, 2.45) is 0 Å². The highest BCUT2D eigenvalue weighted by molar-refractivity contribution is 9.10. The van der Waals surface area contributed by atoms with Crippen LogP contribution in [0.15, 0.2) is 46.9 Å². The molecule has 0 amide bonds. The summed E-state index contributed by atoms with van der Waals surface area (Å²) in [4.78, 5) is 0. The van der Waals surface area contributed by atoms with Crippen molar-refractivity contribution in [1.29, 1.82) is 0 Å². The Balaban J connectivity index is 2.22. The summed E-state index contributed by atoms with van der Waals surface area (Å²) in [6.45, 7) is 4.17. The van der Waals surface area contributed by atoms with Gasteiger partial charge in [0.15, 0.2) is 10.6 Å². The van der Waals surface area contributed by atoms with E-state index in [9.17, 15) is 0 Å². The van der Waals surface area contributed by atoms with Gasteiger partial charge in [-0.15, -0.1) is 0 Å². The largest absolute Gasteiger partial charge is 0.268 e. The molecule has 3 nitrogen and oxygen atoms in total. The van der Waals surface area contributed by atoms with Crippen molar-refractivity contribution in [3.05, 3.63) is 62.8 Å². The first-order chi connectivity index (χ1) is 10.1. The first kappa shape index (κ1) is 14.2. The topological polar surface area (TPSA) is 33.6 Å². The van der Waals surface area contributed by atoms with Crippen molar-refractivity contribution in [3.8, 4) is 17.1 Å². The molecule has 0 saturated heterocycles. The molecule has 106 valence electrons. The number of nitrogens with zero attached hydrogens (tertiary/aromatic N) is 2. The van der Waals surface area contributed by atoms with Crippen molar-refractivity contribution in [2.75, 3.05) is 0 Å². The van der Waals surface area contributed by atoms with Gasteiger partial charge in [0.05, 0.1) is 5.69 Å². The normalized spacial score (nSPS) is 10.8. The molecule has 3 aromatic rings. The Morgan fingerprint density at radius 1 is 1.10 bits per heavy atom. The van der Waals surface area contributed by atoms with Crippen molar-refractivity contribution in [3.63, 3.8) is 0 Å². The number of hydrogen-bond donors (Lipinski definition) is 1. The van der Waals surface area contributed by atoms with Gasteiger partial charge in [-0.2, -0.15) is 5.10 Å². The van der Waals surface area contributed by atoms with E-state index in [1.807, 2.05) is 28.8 Å². The van der Waals surface area contributed by atoms with E-state index in [1.165, 1.54) is 11.1 Å². The van der Waals surface area contributed by atoms with Crippen LogP contribution in [0.25, 0.3) is 17.1 Å². The number of halogens is 1. The van der Waals surface area contributed by atoms with Crippen LogP contribution in [0, 0.1) is 18.6 Å². The van der Waals surface area contributed by atoms with E-state index in [4.69, 9.17) is 12.2 Å². The summed E-state index contributed by atoms with van der Waals surface area (Å²) in [5, 5.41) is 7.28. The molecule has 0 atom stereocenters. The lowest BCUT2D eigenvalue weighted by molar-refractivity contribution is 1.02. The molecule has 0 fully saturated rings. The van der Waals surface area contributed by atoms with Crippen LogP contribution in [0.2, 0.25) is 0 Å². The Morgan fingerprint density at radius 2 is 1.81 bits per heavy atom. The zero-order valence-electron chi connectivity index (χ0n) is 11.7. The molecule has 0 radical (unpaired) electrons. The van der Waals surface area contributed by atoms with Gasteiger partial charge in [0.1, 0.15) is 0 Å². The second kappa shape index (κ2) is 5.58. The smallest absolute Gasteiger partial charge is 0.200 e. The molecular weight excluding hydrogens is 346 g/mol. The number of aromatic nitrogens is 3. The molecule has 0 unspecified atom stereocenters. The highest BCUT2D eigenvalue weighted by atomic mass is 79.9. The number of rotatable bonds is 2. The van der Waals surface area contributed by atoms with E-state index in [0.717, 1.165) is 21.5 Å². The zero-order valence-corrected chi connectivity index (χ0v) is 14.1. The van der Waals surface area contributed by atoms with Crippen LogP contribution in [0.3, 0.4) is 0 Å². The number of H-pyrrole nitrogens is 1. The third kappa shape index (κ3) is 2.71. The molecule has 1 aromatic heterocycles. The van der Waals surface area contributed by atoms with Gasteiger partial charge in [0.2, 0.25) is 0 Å². The lowest BCUT2D eigenvalue weighted by Gasteiger charge is -2.11. The summed E-state index contributed by atoms with van der Waals surface area (Å²) in [6.07, 6.45) is 0. The monoisotopic (exact) mass is 359 g/mol. The van der Waals surface area contributed by atoms with Crippen molar-refractivity contribution < 1.29 is 0 Å². The fourth-order valence-corrected chi connectivity index (χ4v) is 2.86. The van der Waals surface area contributed by atoms with Gasteiger partial charge in [-0.05, 0) is 49.8 Å². The standard InChI is InChI=1S/C16H14BrN3S/c1-10-3-8-14(11(2)9-10)20-15(18-19-16(20)21)12-4-6-13(17)7-5-12/h3-9H,1-2H3,(H,19,21). The maximum Gasteiger partial charge on any atom is 0.200 e. The number of aryl methyl sites for hydroxylation is 2. The molecule has 0 saturated carbocycles. The van der Waals surface area contributed by atoms with Crippen molar-refractivity contribution in [2.45, 2.75) is 13.8 Å². The van der Waals surface area contributed by atoms with Crippen LogP contribution < -0.4 is 0 Å². The van der Waals surface area contributed by atoms with Gasteiger partial charge in [0, 0.05) is 10.0 Å². The van der Waals surface area contributed by atoms with Gasteiger partial charge < -0.3 is 0 Å². The molecule has 2 aromatic carbocycles. The quantitative estimate of drug-likeness (QED) is 0.654. The Bertz CT molecular complexity index is 847. The number of hydrogen-bond acceptors (Lipinski definition) is 2. The Kier molecular flexibility index (Phi) is 3.78. The SMILES string of the molecule is Cc1ccc(-n2c(-c3ccc(Br)cc3)n[nH]c2=S)c(C)c1. The number of aromatic amines is 1. The van der Waals surface area contributed by atoms with E-state index in [0.29, 0.717) is 4.77 Å². The first-order valence-electron chi connectivity index (χ1n) is 6.57. The first-order valence-corrected chi connectivity index (χ1v) is 7.77.